The molecule has 1 rings (SSSR count). The van der Waals surface area contributed by atoms with Crippen LogP contribution in [0.4, 0.5) is 0 Å². The van der Waals surface area contributed by atoms with Crippen molar-refractivity contribution in [3.05, 3.63) is 34.9 Å². The molecule has 0 aromatic heterocycles. The van der Waals surface area contributed by atoms with Crippen LogP contribution in [0.2, 0.25) is 5.02 Å². The maximum atomic E-state index is 9.57. The standard InChI is InChI=1S/C10H13ClO/c1-2-3-10(12)8-4-6-9(11)7-5-8/h4-7,10,12H,2-3H2,1H3/t10-/m0/s1. The first kappa shape index (κ1) is 9.56. The fourth-order valence-electron chi connectivity index (χ4n) is 1.13. The fourth-order valence-corrected chi connectivity index (χ4v) is 1.25. The Kier molecular flexibility index (Phi) is 3.57. The van der Waals surface area contributed by atoms with E-state index in [4.69, 9.17) is 11.6 Å². The molecule has 0 heterocycles. The van der Waals surface area contributed by atoms with E-state index in [-0.39, 0.29) is 6.10 Å². The van der Waals surface area contributed by atoms with Gasteiger partial charge in [-0.15, -0.1) is 0 Å². The summed E-state index contributed by atoms with van der Waals surface area (Å²) in [6, 6.07) is 7.33. The van der Waals surface area contributed by atoms with Gasteiger partial charge in [0.1, 0.15) is 0 Å². The van der Waals surface area contributed by atoms with Crippen LogP contribution in [0.15, 0.2) is 24.3 Å². The van der Waals surface area contributed by atoms with Gasteiger partial charge in [-0.25, -0.2) is 0 Å². The van der Waals surface area contributed by atoms with E-state index in [1.165, 1.54) is 0 Å². The summed E-state index contributed by atoms with van der Waals surface area (Å²) < 4.78 is 0. The summed E-state index contributed by atoms with van der Waals surface area (Å²) in [4.78, 5) is 0. The number of halogens is 1. The fraction of sp³-hybridized carbons (Fsp3) is 0.400. The van der Waals surface area contributed by atoms with Crippen molar-refractivity contribution in [2.75, 3.05) is 0 Å². The molecule has 0 aliphatic heterocycles. The molecule has 66 valence electrons. The van der Waals surface area contributed by atoms with Crippen LogP contribution in [-0.2, 0) is 0 Å². The summed E-state index contributed by atoms with van der Waals surface area (Å²) in [6.45, 7) is 2.05. The van der Waals surface area contributed by atoms with Gasteiger partial charge in [-0.1, -0.05) is 37.1 Å². The van der Waals surface area contributed by atoms with E-state index < -0.39 is 0 Å². The summed E-state index contributed by atoms with van der Waals surface area (Å²) >= 11 is 5.71. The van der Waals surface area contributed by atoms with E-state index in [2.05, 4.69) is 6.92 Å². The van der Waals surface area contributed by atoms with Crippen molar-refractivity contribution in [1.82, 2.24) is 0 Å². The van der Waals surface area contributed by atoms with E-state index in [1.807, 2.05) is 12.1 Å². The van der Waals surface area contributed by atoms with Gasteiger partial charge in [0, 0.05) is 5.02 Å². The number of hydrogen-bond donors (Lipinski definition) is 1. The number of rotatable bonds is 3. The van der Waals surface area contributed by atoms with Crippen LogP contribution >= 0.6 is 11.6 Å². The average molecular weight is 185 g/mol. The van der Waals surface area contributed by atoms with Gasteiger partial charge in [0.25, 0.3) is 0 Å². The zero-order valence-electron chi connectivity index (χ0n) is 7.13. The number of aliphatic hydroxyl groups is 1. The lowest BCUT2D eigenvalue weighted by molar-refractivity contribution is 0.166. The molecule has 0 bridgehead atoms. The topological polar surface area (TPSA) is 20.2 Å². The molecule has 0 saturated carbocycles. The molecule has 1 aromatic carbocycles. The first-order valence-corrected chi connectivity index (χ1v) is 4.55. The molecular weight excluding hydrogens is 172 g/mol. The molecule has 0 fully saturated rings. The quantitative estimate of drug-likeness (QED) is 0.765. The van der Waals surface area contributed by atoms with Gasteiger partial charge in [0.05, 0.1) is 6.10 Å². The molecule has 2 heteroatoms. The Balaban J connectivity index is 2.68. The highest BCUT2D eigenvalue weighted by molar-refractivity contribution is 6.30. The Morgan fingerprint density at radius 3 is 2.42 bits per heavy atom. The summed E-state index contributed by atoms with van der Waals surface area (Å²) in [7, 11) is 0. The summed E-state index contributed by atoms with van der Waals surface area (Å²) in [6.07, 6.45) is 1.46. The molecule has 1 aromatic rings. The predicted octanol–water partition coefficient (Wildman–Crippen LogP) is 3.17. The van der Waals surface area contributed by atoms with E-state index in [0.717, 1.165) is 18.4 Å². The van der Waals surface area contributed by atoms with Gasteiger partial charge in [-0.05, 0) is 24.1 Å². The Morgan fingerprint density at radius 2 is 1.92 bits per heavy atom. The summed E-state index contributed by atoms with van der Waals surface area (Å²) in [5, 5.41) is 10.3. The highest BCUT2D eigenvalue weighted by Gasteiger charge is 2.04. The van der Waals surface area contributed by atoms with Crippen LogP contribution in [0.1, 0.15) is 31.4 Å². The van der Waals surface area contributed by atoms with E-state index in [0.29, 0.717) is 5.02 Å². The Morgan fingerprint density at radius 1 is 1.33 bits per heavy atom. The minimum atomic E-state index is -0.340. The minimum absolute atomic E-state index is 0.340. The van der Waals surface area contributed by atoms with E-state index in [1.54, 1.807) is 12.1 Å². The largest absolute Gasteiger partial charge is 0.388 e. The second-order valence-electron chi connectivity index (χ2n) is 2.86. The Hall–Kier alpha value is -0.530. The maximum absolute atomic E-state index is 9.57. The van der Waals surface area contributed by atoms with Crippen molar-refractivity contribution in [3.8, 4) is 0 Å². The van der Waals surface area contributed by atoms with Crippen molar-refractivity contribution in [2.45, 2.75) is 25.9 Å². The zero-order valence-corrected chi connectivity index (χ0v) is 7.88. The zero-order chi connectivity index (χ0) is 8.97. The number of hydrogen-bond acceptors (Lipinski definition) is 1. The molecule has 0 saturated heterocycles. The summed E-state index contributed by atoms with van der Waals surface area (Å²) in [5.41, 5.74) is 0.946. The van der Waals surface area contributed by atoms with Gasteiger partial charge >= 0.3 is 0 Å². The lowest BCUT2D eigenvalue weighted by atomic mass is 10.1. The second kappa shape index (κ2) is 4.48. The molecule has 0 unspecified atom stereocenters. The Labute approximate surface area is 78.0 Å². The molecule has 0 radical (unpaired) electrons. The third kappa shape index (κ3) is 2.50. The van der Waals surface area contributed by atoms with Crippen molar-refractivity contribution in [1.29, 1.82) is 0 Å². The van der Waals surface area contributed by atoms with Crippen LogP contribution < -0.4 is 0 Å². The van der Waals surface area contributed by atoms with Gasteiger partial charge in [-0.2, -0.15) is 0 Å². The smallest absolute Gasteiger partial charge is 0.0790 e. The van der Waals surface area contributed by atoms with Crippen molar-refractivity contribution in [2.24, 2.45) is 0 Å². The third-order valence-corrected chi connectivity index (χ3v) is 2.07. The second-order valence-corrected chi connectivity index (χ2v) is 3.29. The van der Waals surface area contributed by atoms with Crippen LogP contribution in [0.25, 0.3) is 0 Å². The molecular formula is C10H13ClO. The van der Waals surface area contributed by atoms with E-state index in [9.17, 15) is 5.11 Å². The monoisotopic (exact) mass is 184 g/mol. The minimum Gasteiger partial charge on any atom is -0.388 e. The number of aliphatic hydroxyl groups excluding tert-OH is 1. The average Bonchev–Trinajstić information content (AvgIpc) is 2.06. The lowest BCUT2D eigenvalue weighted by Crippen LogP contribution is -1.95. The SMILES string of the molecule is CCC[C@H](O)c1ccc(Cl)cc1. The normalized spacial score (nSPS) is 12.9. The summed E-state index contributed by atoms with van der Waals surface area (Å²) in [5.74, 6) is 0. The Bertz CT molecular complexity index is 230. The third-order valence-electron chi connectivity index (χ3n) is 1.82. The van der Waals surface area contributed by atoms with Crippen molar-refractivity contribution in [3.63, 3.8) is 0 Å². The number of benzene rings is 1. The first-order chi connectivity index (χ1) is 5.74. The molecule has 1 nitrogen and oxygen atoms in total. The van der Waals surface area contributed by atoms with Gasteiger partial charge in [0.2, 0.25) is 0 Å². The maximum Gasteiger partial charge on any atom is 0.0790 e. The van der Waals surface area contributed by atoms with Gasteiger partial charge in [-0.3, -0.25) is 0 Å². The van der Waals surface area contributed by atoms with Crippen molar-refractivity contribution >= 4 is 11.6 Å². The van der Waals surface area contributed by atoms with Crippen LogP contribution in [0.5, 0.6) is 0 Å². The van der Waals surface area contributed by atoms with Crippen LogP contribution in [0, 0.1) is 0 Å². The molecule has 0 amide bonds. The first-order valence-electron chi connectivity index (χ1n) is 4.17. The molecule has 1 atom stereocenters. The predicted molar refractivity (Wildman–Crippen MR) is 51.3 cm³/mol. The highest BCUT2D eigenvalue weighted by Crippen LogP contribution is 2.19. The lowest BCUT2D eigenvalue weighted by Gasteiger charge is -2.08. The van der Waals surface area contributed by atoms with Crippen LogP contribution in [-0.4, -0.2) is 5.11 Å². The van der Waals surface area contributed by atoms with Crippen LogP contribution in [0.3, 0.4) is 0 Å². The molecule has 1 N–H and O–H groups in total. The van der Waals surface area contributed by atoms with E-state index >= 15 is 0 Å². The van der Waals surface area contributed by atoms with Crippen molar-refractivity contribution < 1.29 is 5.11 Å². The molecule has 0 aliphatic carbocycles. The molecule has 0 spiro atoms. The van der Waals surface area contributed by atoms with Gasteiger partial charge < -0.3 is 5.11 Å². The highest BCUT2D eigenvalue weighted by atomic mass is 35.5. The molecule has 12 heavy (non-hydrogen) atoms. The molecule has 0 aliphatic rings. The van der Waals surface area contributed by atoms with Gasteiger partial charge in [0.15, 0.2) is 0 Å².